The molecule has 0 fully saturated rings. The molecule has 0 aromatic heterocycles. The predicted molar refractivity (Wildman–Crippen MR) is 121 cm³/mol. The first-order valence-electron chi connectivity index (χ1n) is 11.0. The second-order valence-electron chi connectivity index (χ2n) is 8.14. The smallest absolute Gasteiger partial charge is 0.407 e. The Morgan fingerprint density at radius 3 is 2.00 bits per heavy atom. The fourth-order valence-electron chi connectivity index (χ4n) is 4.07. The number of benzene rings is 2. The van der Waals surface area contributed by atoms with Gasteiger partial charge in [-0.05, 0) is 34.6 Å². The number of ether oxygens (including phenoxy) is 1. The van der Waals surface area contributed by atoms with E-state index in [2.05, 4.69) is 22.8 Å². The van der Waals surface area contributed by atoms with Crippen molar-refractivity contribution in [1.82, 2.24) is 10.6 Å². The van der Waals surface area contributed by atoms with Crippen molar-refractivity contribution in [3.63, 3.8) is 0 Å². The van der Waals surface area contributed by atoms with Crippen LogP contribution in [0.2, 0.25) is 0 Å². The summed E-state index contributed by atoms with van der Waals surface area (Å²) in [5.41, 5.74) is 4.47. The standard InChI is InChI=1S/C25H30N2O5/c1-4-15(3)22(24(29)30)27-23(28)21(5-2)26-25(31)32-14-20-18-12-8-6-10-16(18)17-11-7-9-13-19(17)20/h6-13,15,20-22H,4-5,14H2,1-3H3,(H,26,31)(H,27,28)(H,29,30). The predicted octanol–water partition coefficient (Wildman–Crippen LogP) is 3.92. The fraction of sp³-hybridized carbons (Fsp3) is 0.400. The molecule has 1 aliphatic rings. The lowest BCUT2D eigenvalue weighted by atomic mass is 9.98. The molecule has 0 aliphatic heterocycles. The Labute approximate surface area is 188 Å². The summed E-state index contributed by atoms with van der Waals surface area (Å²) in [6, 6.07) is 14.2. The van der Waals surface area contributed by atoms with E-state index in [0.717, 1.165) is 22.3 Å². The van der Waals surface area contributed by atoms with Gasteiger partial charge in [-0.2, -0.15) is 0 Å². The highest BCUT2D eigenvalue weighted by Crippen LogP contribution is 2.44. The third-order valence-electron chi connectivity index (χ3n) is 6.14. The van der Waals surface area contributed by atoms with E-state index in [1.807, 2.05) is 43.3 Å². The van der Waals surface area contributed by atoms with Gasteiger partial charge in [0.25, 0.3) is 0 Å². The minimum absolute atomic E-state index is 0.0798. The molecule has 3 atom stereocenters. The summed E-state index contributed by atoms with van der Waals surface area (Å²) in [6.45, 7) is 5.51. The third kappa shape index (κ3) is 4.93. The summed E-state index contributed by atoms with van der Waals surface area (Å²) in [5.74, 6) is -1.94. The van der Waals surface area contributed by atoms with E-state index in [-0.39, 0.29) is 18.4 Å². The maximum atomic E-state index is 12.6. The highest BCUT2D eigenvalue weighted by molar-refractivity contribution is 5.89. The van der Waals surface area contributed by atoms with E-state index < -0.39 is 30.1 Å². The van der Waals surface area contributed by atoms with Gasteiger partial charge < -0.3 is 20.5 Å². The van der Waals surface area contributed by atoms with Crippen molar-refractivity contribution in [3.05, 3.63) is 59.7 Å². The quantitative estimate of drug-likeness (QED) is 0.550. The van der Waals surface area contributed by atoms with Crippen LogP contribution in [-0.4, -0.2) is 41.8 Å². The number of nitrogens with one attached hydrogen (secondary N) is 2. The van der Waals surface area contributed by atoms with Crippen LogP contribution >= 0.6 is 0 Å². The largest absolute Gasteiger partial charge is 0.480 e. The topological polar surface area (TPSA) is 105 Å². The lowest BCUT2D eigenvalue weighted by molar-refractivity contribution is -0.143. The van der Waals surface area contributed by atoms with Gasteiger partial charge in [-0.25, -0.2) is 9.59 Å². The Morgan fingerprint density at radius 2 is 1.50 bits per heavy atom. The van der Waals surface area contributed by atoms with E-state index >= 15 is 0 Å². The Hall–Kier alpha value is -3.35. The van der Waals surface area contributed by atoms with Crippen LogP contribution in [0.25, 0.3) is 11.1 Å². The molecule has 7 heteroatoms. The van der Waals surface area contributed by atoms with E-state index in [9.17, 15) is 19.5 Å². The van der Waals surface area contributed by atoms with Crippen molar-refractivity contribution in [3.8, 4) is 11.1 Å². The lowest BCUT2D eigenvalue weighted by Gasteiger charge is -2.24. The Kier molecular flexibility index (Phi) is 7.51. The molecule has 0 saturated carbocycles. The summed E-state index contributed by atoms with van der Waals surface area (Å²) < 4.78 is 5.50. The van der Waals surface area contributed by atoms with Crippen LogP contribution in [0.4, 0.5) is 4.79 Å². The van der Waals surface area contributed by atoms with Gasteiger partial charge in [0.2, 0.25) is 5.91 Å². The maximum Gasteiger partial charge on any atom is 0.407 e. The van der Waals surface area contributed by atoms with Crippen LogP contribution in [0.15, 0.2) is 48.5 Å². The van der Waals surface area contributed by atoms with Crippen molar-refractivity contribution >= 4 is 18.0 Å². The summed E-state index contributed by atoms with van der Waals surface area (Å²) >= 11 is 0. The van der Waals surface area contributed by atoms with Gasteiger partial charge in [-0.3, -0.25) is 4.79 Å². The number of fused-ring (bicyclic) bond motifs is 3. The van der Waals surface area contributed by atoms with E-state index in [1.165, 1.54) is 0 Å². The molecule has 3 N–H and O–H groups in total. The van der Waals surface area contributed by atoms with Crippen molar-refractivity contribution in [2.24, 2.45) is 5.92 Å². The summed E-state index contributed by atoms with van der Waals surface area (Å²) in [6.07, 6.45) is 0.209. The van der Waals surface area contributed by atoms with Crippen LogP contribution in [0, 0.1) is 5.92 Å². The number of carbonyl (C=O) groups excluding carboxylic acids is 2. The van der Waals surface area contributed by atoms with Crippen LogP contribution in [0.3, 0.4) is 0 Å². The first-order chi connectivity index (χ1) is 15.4. The van der Waals surface area contributed by atoms with E-state index in [0.29, 0.717) is 12.8 Å². The monoisotopic (exact) mass is 438 g/mol. The minimum atomic E-state index is -1.09. The molecule has 2 amide bonds. The lowest BCUT2D eigenvalue weighted by Crippen LogP contribution is -2.53. The number of alkyl carbamates (subject to hydrolysis) is 1. The molecule has 2 aromatic carbocycles. The first kappa shape index (κ1) is 23.3. The average Bonchev–Trinajstić information content (AvgIpc) is 3.12. The maximum absolute atomic E-state index is 12.6. The van der Waals surface area contributed by atoms with Crippen molar-refractivity contribution in [1.29, 1.82) is 0 Å². The number of amides is 2. The van der Waals surface area contributed by atoms with Crippen LogP contribution in [0.1, 0.15) is 50.7 Å². The van der Waals surface area contributed by atoms with Crippen molar-refractivity contribution in [2.45, 2.75) is 51.6 Å². The summed E-state index contributed by atoms with van der Waals surface area (Å²) in [5, 5.41) is 14.5. The highest BCUT2D eigenvalue weighted by Gasteiger charge is 2.31. The second kappa shape index (κ2) is 10.3. The zero-order chi connectivity index (χ0) is 23.3. The van der Waals surface area contributed by atoms with Crippen molar-refractivity contribution < 1.29 is 24.2 Å². The molecule has 0 radical (unpaired) electrons. The molecule has 3 unspecified atom stereocenters. The molecule has 32 heavy (non-hydrogen) atoms. The van der Waals surface area contributed by atoms with Gasteiger partial charge >= 0.3 is 12.1 Å². The molecular weight excluding hydrogens is 408 g/mol. The van der Waals surface area contributed by atoms with E-state index in [1.54, 1.807) is 13.8 Å². The summed E-state index contributed by atoms with van der Waals surface area (Å²) in [4.78, 5) is 36.6. The average molecular weight is 439 g/mol. The van der Waals surface area contributed by atoms with Crippen LogP contribution < -0.4 is 10.6 Å². The Bertz CT molecular complexity index is 944. The molecule has 1 aliphatic carbocycles. The van der Waals surface area contributed by atoms with Gasteiger partial charge in [-0.1, -0.05) is 75.7 Å². The van der Waals surface area contributed by atoms with E-state index in [4.69, 9.17) is 4.74 Å². The number of carboxylic acid groups (broad SMARTS) is 1. The summed E-state index contributed by atoms with van der Waals surface area (Å²) in [7, 11) is 0. The molecule has 7 nitrogen and oxygen atoms in total. The van der Waals surface area contributed by atoms with Gasteiger partial charge in [-0.15, -0.1) is 0 Å². The van der Waals surface area contributed by atoms with Gasteiger partial charge in [0.05, 0.1) is 0 Å². The normalized spacial score (nSPS) is 15.1. The number of carbonyl (C=O) groups is 3. The number of hydrogen-bond donors (Lipinski definition) is 3. The Balaban J connectivity index is 1.63. The molecule has 2 aromatic rings. The second-order valence-corrected chi connectivity index (χ2v) is 8.14. The van der Waals surface area contributed by atoms with Crippen molar-refractivity contribution in [2.75, 3.05) is 6.61 Å². The number of carboxylic acids is 1. The number of aliphatic carboxylic acids is 1. The highest BCUT2D eigenvalue weighted by atomic mass is 16.5. The zero-order valence-electron chi connectivity index (χ0n) is 18.6. The third-order valence-corrected chi connectivity index (χ3v) is 6.14. The zero-order valence-corrected chi connectivity index (χ0v) is 18.6. The van der Waals surface area contributed by atoms with Gasteiger partial charge in [0.15, 0.2) is 0 Å². The molecule has 0 heterocycles. The number of rotatable bonds is 9. The SMILES string of the molecule is CCC(NC(=O)OCC1c2ccccc2-c2ccccc21)C(=O)NC(C(=O)O)C(C)CC. The molecular formula is C25H30N2O5. The number of hydrogen-bond acceptors (Lipinski definition) is 4. The first-order valence-corrected chi connectivity index (χ1v) is 11.0. The van der Waals surface area contributed by atoms with Crippen LogP contribution in [-0.2, 0) is 14.3 Å². The minimum Gasteiger partial charge on any atom is -0.480 e. The fourth-order valence-corrected chi connectivity index (χ4v) is 4.07. The van der Waals surface area contributed by atoms with Gasteiger partial charge in [0.1, 0.15) is 18.7 Å². The molecule has 0 bridgehead atoms. The molecule has 0 spiro atoms. The van der Waals surface area contributed by atoms with Crippen LogP contribution in [0.5, 0.6) is 0 Å². The molecule has 3 rings (SSSR count). The molecule has 170 valence electrons. The molecule has 0 saturated heterocycles. The van der Waals surface area contributed by atoms with Gasteiger partial charge in [0, 0.05) is 5.92 Å². The Morgan fingerprint density at radius 1 is 0.938 bits per heavy atom.